The van der Waals surface area contributed by atoms with E-state index in [-0.39, 0.29) is 12.2 Å². The Morgan fingerprint density at radius 3 is 2.52 bits per heavy atom. The summed E-state index contributed by atoms with van der Waals surface area (Å²) in [5.41, 5.74) is -0.509. The number of nitrogens with one attached hydrogen (secondary N) is 2. The Morgan fingerprint density at radius 1 is 1.23 bits per heavy atom. The second-order valence-corrected chi connectivity index (χ2v) is 8.60. The van der Waals surface area contributed by atoms with E-state index in [1.54, 1.807) is 44.2 Å². The molecule has 164 valence electrons. The summed E-state index contributed by atoms with van der Waals surface area (Å²) in [5.74, 6) is -1.70. The number of carbonyl (C=O) groups is 4. The molecule has 0 spiro atoms. The molecule has 1 saturated heterocycles. The number of esters is 1. The predicted molar refractivity (Wildman–Crippen MR) is 117 cm³/mol. The lowest BCUT2D eigenvalue weighted by atomic mass is 9.92. The number of nitrogens with zero attached hydrogens (tertiary/aromatic N) is 1. The van der Waals surface area contributed by atoms with E-state index in [1.165, 1.54) is 11.3 Å². The van der Waals surface area contributed by atoms with Crippen molar-refractivity contribution in [1.82, 2.24) is 10.2 Å². The van der Waals surface area contributed by atoms with E-state index in [0.717, 1.165) is 9.78 Å². The summed E-state index contributed by atoms with van der Waals surface area (Å²) in [7, 11) is 0. The van der Waals surface area contributed by atoms with Crippen LogP contribution in [0.5, 0.6) is 0 Å². The van der Waals surface area contributed by atoms with Gasteiger partial charge >= 0.3 is 12.0 Å². The molecule has 10 heteroatoms. The number of imide groups is 1. The minimum Gasteiger partial charge on any atom is -0.462 e. The number of carbonyl (C=O) groups excluding carboxylic acids is 4. The van der Waals surface area contributed by atoms with Gasteiger partial charge < -0.3 is 15.4 Å². The van der Waals surface area contributed by atoms with Gasteiger partial charge in [-0.1, -0.05) is 30.7 Å². The third kappa shape index (κ3) is 4.57. The number of benzene rings is 1. The maximum absolute atomic E-state index is 13.0. The Bertz CT molecular complexity index is 1040. The summed E-state index contributed by atoms with van der Waals surface area (Å²) >= 11 is 7.15. The molecule has 0 bridgehead atoms. The minimum absolute atomic E-state index is 0.204. The molecule has 3 rings (SSSR count). The van der Waals surface area contributed by atoms with Crippen molar-refractivity contribution in [1.29, 1.82) is 0 Å². The van der Waals surface area contributed by atoms with Crippen molar-refractivity contribution in [2.45, 2.75) is 32.7 Å². The minimum atomic E-state index is -1.31. The zero-order valence-corrected chi connectivity index (χ0v) is 18.9. The Morgan fingerprint density at radius 2 is 1.90 bits per heavy atom. The van der Waals surface area contributed by atoms with Gasteiger partial charge in [-0.15, -0.1) is 11.3 Å². The first kappa shape index (κ1) is 22.8. The Hall–Kier alpha value is -2.91. The number of thiophene rings is 1. The fourth-order valence-corrected chi connectivity index (χ4v) is 4.33. The van der Waals surface area contributed by atoms with Gasteiger partial charge in [0.15, 0.2) is 0 Å². The zero-order valence-electron chi connectivity index (χ0n) is 17.3. The molecule has 1 aliphatic rings. The molecule has 0 saturated carbocycles. The summed E-state index contributed by atoms with van der Waals surface area (Å²) in [5, 5.41) is 6.10. The SMILES string of the molecule is CCOC(=O)c1cc(CC)sc1NC(=O)CN1C(=O)NC(C)(c2ccc(Cl)cc2)C1=O. The van der Waals surface area contributed by atoms with Gasteiger partial charge in [0.1, 0.15) is 17.1 Å². The van der Waals surface area contributed by atoms with Gasteiger partial charge in [0, 0.05) is 9.90 Å². The van der Waals surface area contributed by atoms with E-state index < -0.39 is 35.9 Å². The summed E-state index contributed by atoms with van der Waals surface area (Å²) in [6.07, 6.45) is 0.680. The topological polar surface area (TPSA) is 105 Å². The molecule has 0 radical (unpaired) electrons. The first-order valence-electron chi connectivity index (χ1n) is 9.69. The van der Waals surface area contributed by atoms with E-state index >= 15 is 0 Å². The van der Waals surface area contributed by atoms with Crippen molar-refractivity contribution in [2.75, 3.05) is 18.5 Å². The molecule has 1 atom stereocenters. The lowest BCUT2D eigenvalue weighted by molar-refractivity contribution is -0.133. The van der Waals surface area contributed by atoms with Crippen molar-refractivity contribution in [3.8, 4) is 0 Å². The molecule has 31 heavy (non-hydrogen) atoms. The molecule has 2 N–H and O–H groups in total. The number of hydrogen-bond acceptors (Lipinski definition) is 6. The number of hydrogen-bond donors (Lipinski definition) is 2. The summed E-state index contributed by atoms with van der Waals surface area (Å²) in [4.78, 5) is 52.0. The van der Waals surface area contributed by atoms with Gasteiger partial charge in [-0.05, 0) is 44.0 Å². The Kier molecular flexibility index (Phi) is 6.66. The molecule has 8 nitrogen and oxygen atoms in total. The van der Waals surface area contributed by atoms with Crippen LogP contribution in [0.3, 0.4) is 0 Å². The first-order chi connectivity index (χ1) is 14.7. The largest absolute Gasteiger partial charge is 0.462 e. The molecule has 2 heterocycles. The number of aryl methyl sites for hydroxylation is 1. The van der Waals surface area contributed by atoms with Crippen LogP contribution in [0.15, 0.2) is 30.3 Å². The number of anilines is 1. The molecule has 1 fully saturated rings. The molecule has 1 aliphatic heterocycles. The second kappa shape index (κ2) is 9.07. The van der Waals surface area contributed by atoms with Gasteiger partial charge in [-0.3, -0.25) is 14.5 Å². The highest BCUT2D eigenvalue weighted by Gasteiger charge is 2.49. The lowest BCUT2D eigenvalue weighted by Crippen LogP contribution is -2.42. The van der Waals surface area contributed by atoms with Crippen LogP contribution in [-0.2, 0) is 26.3 Å². The predicted octanol–water partition coefficient (Wildman–Crippen LogP) is 3.55. The number of amides is 4. The van der Waals surface area contributed by atoms with Crippen molar-refractivity contribution < 1.29 is 23.9 Å². The van der Waals surface area contributed by atoms with Crippen LogP contribution in [0.2, 0.25) is 5.02 Å². The second-order valence-electron chi connectivity index (χ2n) is 7.03. The van der Waals surface area contributed by atoms with Crippen LogP contribution < -0.4 is 10.6 Å². The maximum Gasteiger partial charge on any atom is 0.341 e. The third-order valence-electron chi connectivity index (χ3n) is 4.88. The smallest absolute Gasteiger partial charge is 0.341 e. The van der Waals surface area contributed by atoms with Gasteiger partial charge in [-0.25, -0.2) is 9.59 Å². The van der Waals surface area contributed by atoms with Gasteiger partial charge in [0.05, 0.1) is 12.2 Å². The molecular weight excluding hydrogens is 442 g/mol. The Labute approximate surface area is 188 Å². The van der Waals surface area contributed by atoms with Crippen LogP contribution in [-0.4, -0.2) is 41.9 Å². The first-order valence-corrected chi connectivity index (χ1v) is 10.9. The molecule has 4 amide bonds. The monoisotopic (exact) mass is 463 g/mol. The highest BCUT2D eigenvalue weighted by atomic mass is 35.5. The molecule has 0 aliphatic carbocycles. The van der Waals surface area contributed by atoms with Crippen LogP contribution >= 0.6 is 22.9 Å². The molecular formula is C21H22ClN3O5S. The van der Waals surface area contributed by atoms with E-state index in [0.29, 0.717) is 22.0 Å². The number of halogens is 1. The van der Waals surface area contributed by atoms with Crippen molar-refractivity contribution in [2.24, 2.45) is 0 Å². The standard InChI is InChI=1S/C21H22ClN3O5S/c1-4-14-10-15(18(27)30-5-2)17(31-14)23-16(26)11-25-19(28)21(3,24-20(25)29)12-6-8-13(22)9-7-12/h6-10H,4-5,11H2,1-3H3,(H,23,26)(H,24,29). The molecule has 1 unspecified atom stereocenters. The van der Waals surface area contributed by atoms with Gasteiger partial charge in [0.25, 0.3) is 5.91 Å². The average Bonchev–Trinajstić information content (AvgIpc) is 3.23. The summed E-state index contributed by atoms with van der Waals surface area (Å²) in [6.45, 7) is 4.90. The van der Waals surface area contributed by atoms with E-state index in [4.69, 9.17) is 16.3 Å². The van der Waals surface area contributed by atoms with Crippen LogP contribution in [0.1, 0.15) is 41.6 Å². The highest BCUT2D eigenvalue weighted by Crippen LogP contribution is 2.31. The number of ether oxygens (including phenoxy) is 1. The normalized spacial score (nSPS) is 18.1. The maximum atomic E-state index is 13.0. The fourth-order valence-electron chi connectivity index (χ4n) is 3.20. The quantitative estimate of drug-likeness (QED) is 0.482. The molecule has 2 aromatic rings. The Balaban J connectivity index is 1.76. The van der Waals surface area contributed by atoms with Crippen LogP contribution in [0.4, 0.5) is 9.80 Å². The van der Waals surface area contributed by atoms with Crippen LogP contribution in [0.25, 0.3) is 0 Å². The van der Waals surface area contributed by atoms with Crippen LogP contribution in [0, 0.1) is 0 Å². The van der Waals surface area contributed by atoms with Crippen molar-refractivity contribution in [3.05, 3.63) is 51.4 Å². The summed E-state index contributed by atoms with van der Waals surface area (Å²) in [6, 6.07) is 7.53. The van der Waals surface area contributed by atoms with Crippen molar-refractivity contribution in [3.63, 3.8) is 0 Å². The van der Waals surface area contributed by atoms with Gasteiger partial charge in [0.2, 0.25) is 5.91 Å². The van der Waals surface area contributed by atoms with E-state index in [9.17, 15) is 19.2 Å². The highest BCUT2D eigenvalue weighted by molar-refractivity contribution is 7.16. The third-order valence-corrected chi connectivity index (χ3v) is 6.32. The molecule has 1 aromatic carbocycles. The van der Waals surface area contributed by atoms with E-state index in [2.05, 4.69) is 10.6 Å². The number of urea groups is 1. The average molecular weight is 464 g/mol. The van der Waals surface area contributed by atoms with Gasteiger partial charge in [-0.2, -0.15) is 0 Å². The zero-order chi connectivity index (χ0) is 22.8. The summed E-state index contributed by atoms with van der Waals surface area (Å²) < 4.78 is 5.04. The van der Waals surface area contributed by atoms with E-state index in [1.807, 2.05) is 6.92 Å². The van der Waals surface area contributed by atoms with Crippen molar-refractivity contribution >= 4 is 51.8 Å². The number of rotatable bonds is 7. The molecule has 1 aromatic heterocycles. The lowest BCUT2D eigenvalue weighted by Gasteiger charge is -2.22. The fraction of sp³-hybridized carbons (Fsp3) is 0.333.